The largest absolute Gasteiger partial charge is 0.491 e. The van der Waals surface area contributed by atoms with Crippen LogP contribution in [0.2, 0.25) is 5.02 Å². The first-order valence-electron chi connectivity index (χ1n) is 8.62. The molecule has 0 unspecified atom stereocenters. The molecular formula is C21H19ClN2O5. The summed E-state index contributed by atoms with van der Waals surface area (Å²) < 4.78 is 15.6. The number of nitrogens with zero attached hydrogens (tertiary/aromatic N) is 1. The zero-order valence-corrected chi connectivity index (χ0v) is 16.7. The molecule has 0 radical (unpaired) electrons. The maximum atomic E-state index is 11.9. The van der Waals surface area contributed by atoms with Crippen LogP contribution in [-0.2, 0) is 14.3 Å². The fraction of sp³-hybridized carbons (Fsp3) is 0.190. The molecule has 0 aromatic heterocycles. The van der Waals surface area contributed by atoms with Gasteiger partial charge in [0.15, 0.2) is 18.1 Å². The van der Waals surface area contributed by atoms with Crippen molar-refractivity contribution in [2.75, 3.05) is 25.6 Å². The molecular weight excluding hydrogens is 396 g/mol. The predicted molar refractivity (Wildman–Crippen MR) is 109 cm³/mol. The average molecular weight is 415 g/mol. The molecule has 2 rings (SSSR count). The van der Waals surface area contributed by atoms with E-state index in [1.807, 2.05) is 13.0 Å². The summed E-state index contributed by atoms with van der Waals surface area (Å²) in [7, 11) is 1.48. The van der Waals surface area contributed by atoms with Gasteiger partial charge in [-0.05, 0) is 42.8 Å². The smallest absolute Gasteiger partial charge is 0.331 e. The van der Waals surface area contributed by atoms with Gasteiger partial charge in [-0.2, -0.15) is 5.26 Å². The van der Waals surface area contributed by atoms with E-state index >= 15 is 0 Å². The summed E-state index contributed by atoms with van der Waals surface area (Å²) in [5.41, 5.74) is 1.26. The number of ether oxygens (including phenoxy) is 3. The van der Waals surface area contributed by atoms with Gasteiger partial charge >= 0.3 is 5.97 Å². The monoisotopic (exact) mass is 414 g/mol. The third-order valence-corrected chi connectivity index (χ3v) is 3.90. The SMILES string of the molecule is CCOc1cc(/C=C/C(=O)OCC(=O)Nc2ccccc2C#N)cc(Cl)c1OC. The minimum absolute atomic E-state index is 0.313. The highest BCUT2D eigenvalue weighted by Gasteiger charge is 2.11. The van der Waals surface area contributed by atoms with E-state index in [1.165, 1.54) is 19.3 Å². The van der Waals surface area contributed by atoms with E-state index in [-0.39, 0.29) is 0 Å². The highest BCUT2D eigenvalue weighted by Crippen LogP contribution is 2.36. The van der Waals surface area contributed by atoms with Gasteiger partial charge in [0.2, 0.25) is 0 Å². The van der Waals surface area contributed by atoms with Crippen molar-refractivity contribution in [1.82, 2.24) is 0 Å². The number of methoxy groups -OCH3 is 1. The van der Waals surface area contributed by atoms with Crippen molar-refractivity contribution in [2.24, 2.45) is 0 Å². The first-order valence-corrected chi connectivity index (χ1v) is 9.00. The molecule has 1 N–H and O–H groups in total. The topological polar surface area (TPSA) is 97.6 Å². The van der Waals surface area contributed by atoms with Gasteiger partial charge in [-0.3, -0.25) is 4.79 Å². The molecule has 0 saturated carbocycles. The molecule has 29 heavy (non-hydrogen) atoms. The Morgan fingerprint density at radius 2 is 2.03 bits per heavy atom. The number of carbonyl (C=O) groups is 2. The first kappa shape index (κ1) is 21.8. The van der Waals surface area contributed by atoms with Crippen molar-refractivity contribution in [2.45, 2.75) is 6.92 Å². The number of rotatable bonds is 8. The Morgan fingerprint density at radius 1 is 1.28 bits per heavy atom. The lowest BCUT2D eigenvalue weighted by Gasteiger charge is -2.11. The number of para-hydroxylation sites is 1. The summed E-state index contributed by atoms with van der Waals surface area (Å²) in [6.45, 7) is 1.76. The van der Waals surface area contributed by atoms with Crippen LogP contribution in [-0.4, -0.2) is 32.2 Å². The minimum Gasteiger partial charge on any atom is -0.491 e. The Kier molecular flexibility index (Phi) is 8.07. The van der Waals surface area contributed by atoms with Crippen LogP contribution in [0.15, 0.2) is 42.5 Å². The number of halogens is 1. The maximum Gasteiger partial charge on any atom is 0.331 e. The van der Waals surface area contributed by atoms with E-state index in [2.05, 4.69) is 5.32 Å². The summed E-state index contributed by atoms with van der Waals surface area (Å²) >= 11 is 6.16. The zero-order valence-electron chi connectivity index (χ0n) is 15.9. The van der Waals surface area contributed by atoms with Crippen molar-refractivity contribution >= 4 is 35.2 Å². The Balaban J connectivity index is 1.96. The van der Waals surface area contributed by atoms with Crippen molar-refractivity contribution in [3.8, 4) is 17.6 Å². The highest BCUT2D eigenvalue weighted by molar-refractivity contribution is 6.32. The Morgan fingerprint density at radius 3 is 2.72 bits per heavy atom. The Hall–Kier alpha value is -3.50. The van der Waals surface area contributed by atoms with E-state index < -0.39 is 18.5 Å². The van der Waals surface area contributed by atoms with Crippen LogP contribution in [0.3, 0.4) is 0 Å². The number of hydrogen-bond donors (Lipinski definition) is 1. The summed E-state index contributed by atoms with van der Waals surface area (Å²) in [5, 5.41) is 11.9. The molecule has 0 bridgehead atoms. The molecule has 2 aromatic carbocycles. The van der Waals surface area contributed by atoms with Gasteiger partial charge < -0.3 is 19.5 Å². The van der Waals surface area contributed by atoms with E-state index in [0.29, 0.717) is 39.9 Å². The quantitative estimate of drug-likeness (QED) is 0.521. The van der Waals surface area contributed by atoms with E-state index in [4.69, 9.17) is 31.1 Å². The second-order valence-corrected chi connectivity index (χ2v) is 6.02. The molecule has 2 aromatic rings. The number of anilines is 1. The lowest BCUT2D eigenvalue weighted by atomic mass is 10.2. The number of esters is 1. The summed E-state index contributed by atoms with van der Waals surface area (Å²) in [4.78, 5) is 23.8. The van der Waals surface area contributed by atoms with Gasteiger partial charge in [-0.15, -0.1) is 0 Å². The summed E-state index contributed by atoms with van der Waals surface area (Å²) in [5.74, 6) is -0.409. The molecule has 0 aliphatic heterocycles. The van der Waals surface area contributed by atoms with Crippen LogP contribution in [0.4, 0.5) is 5.69 Å². The fourth-order valence-corrected chi connectivity index (χ4v) is 2.67. The van der Waals surface area contributed by atoms with E-state index in [1.54, 1.807) is 36.4 Å². The van der Waals surface area contributed by atoms with Crippen molar-refractivity contribution in [3.63, 3.8) is 0 Å². The van der Waals surface area contributed by atoms with Crippen LogP contribution >= 0.6 is 11.6 Å². The molecule has 8 heteroatoms. The molecule has 0 fully saturated rings. The second kappa shape index (κ2) is 10.7. The zero-order chi connectivity index (χ0) is 21.2. The number of hydrogen-bond acceptors (Lipinski definition) is 6. The van der Waals surface area contributed by atoms with Gasteiger partial charge in [0.25, 0.3) is 5.91 Å². The van der Waals surface area contributed by atoms with Crippen molar-refractivity contribution in [3.05, 3.63) is 58.6 Å². The standard InChI is InChI=1S/C21H19ClN2O5/c1-3-28-18-11-14(10-16(22)21(18)27-2)8-9-20(26)29-13-19(25)24-17-7-5-4-6-15(17)12-23/h4-11H,3,13H2,1-2H3,(H,24,25)/b9-8+. The molecule has 0 spiro atoms. The van der Waals surface area contributed by atoms with Crippen LogP contribution in [0.25, 0.3) is 6.08 Å². The normalized spacial score (nSPS) is 10.3. The Labute approximate surface area is 173 Å². The molecule has 0 aliphatic carbocycles. The van der Waals surface area contributed by atoms with Crippen LogP contribution in [0.5, 0.6) is 11.5 Å². The van der Waals surface area contributed by atoms with Crippen molar-refractivity contribution < 1.29 is 23.8 Å². The average Bonchev–Trinajstić information content (AvgIpc) is 2.71. The number of carbonyl (C=O) groups excluding carboxylic acids is 2. The molecule has 0 saturated heterocycles. The van der Waals surface area contributed by atoms with Gasteiger partial charge in [-0.1, -0.05) is 23.7 Å². The molecule has 0 heterocycles. The fourth-order valence-electron chi connectivity index (χ4n) is 2.37. The number of nitrogens with one attached hydrogen (secondary N) is 1. The molecule has 0 aliphatic rings. The number of benzene rings is 2. The minimum atomic E-state index is -0.710. The summed E-state index contributed by atoms with van der Waals surface area (Å²) in [6.07, 6.45) is 2.66. The van der Waals surface area contributed by atoms with Gasteiger partial charge in [0.05, 0.1) is 30.0 Å². The van der Waals surface area contributed by atoms with E-state index in [9.17, 15) is 9.59 Å². The molecule has 150 valence electrons. The Bertz CT molecular complexity index is 966. The molecule has 0 atom stereocenters. The first-order chi connectivity index (χ1) is 14.0. The van der Waals surface area contributed by atoms with Crippen LogP contribution in [0, 0.1) is 11.3 Å². The lowest BCUT2D eigenvalue weighted by molar-refractivity contribution is -0.142. The highest BCUT2D eigenvalue weighted by atomic mass is 35.5. The molecule has 7 nitrogen and oxygen atoms in total. The van der Waals surface area contributed by atoms with Crippen molar-refractivity contribution in [1.29, 1.82) is 5.26 Å². The van der Waals surface area contributed by atoms with E-state index in [0.717, 1.165) is 0 Å². The van der Waals surface area contributed by atoms with Gasteiger partial charge in [0.1, 0.15) is 6.07 Å². The van der Waals surface area contributed by atoms with Gasteiger partial charge in [-0.25, -0.2) is 4.79 Å². The summed E-state index contributed by atoms with van der Waals surface area (Å²) in [6, 6.07) is 11.8. The third-order valence-electron chi connectivity index (χ3n) is 3.61. The lowest BCUT2D eigenvalue weighted by Crippen LogP contribution is -2.20. The third kappa shape index (κ3) is 6.26. The maximum absolute atomic E-state index is 11.9. The predicted octanol–water partition coefficient (Wildman–Crippen LogP) is 3.81. The molecule has 1 amide bonds. The van der Waals surface area contributed by atoms with Crippen LogP contribution in [0.1, 0.15) is 18.1 Å². The second-order valence-electron chi connectivity index (χ2n) is 5.61. The van der Waals surface area contributed by atoms with Gasteiger partial charge in [0, 0.05) is 6.08 Å². The van der Waals surface area contributed by atoms with Crippen LogP contribution < -0.4 is 14.8 Å². The number of amides is 1. The number of nitriles is 1.